The number of aryl methyl sites for hydroxylation is 1. The second-order valence-electron chi connectivity index (χ2n) is 10.4. The summed E-state index contributed by atoms with van der Waals surface area (Å²) < 4.78 is 5.37. The number of hydrogen-bond acceptors (Lipinski definition) is 4. The number of nitrogens with zero attached hydrogens (tertiary/aromatic N) is 2. The maximum absolute atomic E-state index is 12.0. The Balaban J connectivity index is 1.20. The third-order valence-corrected chi connectivity index (χ3v) is 6.37. The number of benzene rings is 2. The summed E-state index contributed by atoms with van der Waals surface area (Å²) in [6, 6.07) is 20.6. The zero-order valence-corrected chi connectivity index (χ0v) is 22.5. The Labute approximate surface area is 225 Å². The van der Waals surface area contributed by atoms with Gasteiger partial charge in [0.15, 0.2) is 0 Å². The minimum atomic E-state index is -0.475. The second kappa shape index (κ2) is 12.3. The van der Waals surface area contributed by atoms with Gasteiger partial charge in [0, 0.05) is 48.9 Å². The lowest BCUT2D eigenvalue weighted by atomic mass is 10.1. The molecule has 1 N–H and O–H groups in total. The van der Waals surface area contributed by atoms with Crippen molar-refractivity contribution in [3.63, 3.8) is 0 Å². The van der Waals surface area contributed by atoms with Gasteiger partial charge in [0.2, 0.25) is 0 Å². The average Bonchev–Trinajstić information content (AvgIpc) is 3.29. The SMILES string of the molecule is CC(C)(C)OC(=O)NC1CCN(Cc2ccc(CCC#Cc3ccc(-c4ccc(Cl)cc4)cn3)cc2)C1. The van der Waals surface area contributed by atoms with E-state index in [1.165, 1.54) is 11.1 Å². The van der Waals surface area contributed by atoms with Crippen molar-refractivity contribution in [2.75, 3.05) is 13.1 Å². The molecule has 37 heavy (non-hydrogen) atoms. The van der Waals surface area contributed by atoms with Crippen molar-refractivity contribution in [3.8, 4) is 23.0 Å². The highest BCUT2D eigenvalue weighted by atomic mass is 35.5. The largest absolute Gasteiger partial charge is 0.444 e. The minimum absolute atomic E-state index is 0.135. The van der Waals surface area contributed by atoms with Crippen LogP contribution in [-0.4, -0.2) is 40.7 Å². The van der Waals surface area contributed by atoms with Crippen LogP contribution in [0.25, 0.3) is 11.1 Å². The van der Waals surface area contributed by atoms with E-state index in [9.17, 15) is 4.79 Å². The Morgan fingerprint density at radius 1 is 1.05 bits per heavy atom. The van der Waals surface area contributed by atoms with Crippen LogP contribution in [0.1, 0.15) is 50.4 Å². The number of hydrogen-bond donors (Lipinski definition) is 1. The van der Waals surface area contributed by atoms with Gasteiger partial charge in [0.1, 0.15) is 11.3 Å². The molecule has 5 nitrogen and oxygen atoms in total. The number of aromatic nitrogens is 1. The standard InChI is InChI=1S/C31H34ClN3O2/c1-31(2,3)37-30(36)34-29-18-19-35(22-29)21-24-10-8-23(9-11-24)6-4-5-7-28-17-14-26(20-33-28)25-12-15-27(32)16-13-25/h8-17,20,29H,4,6,18-19,21-22H2,1-3H3,(H,34,36). The first kappa shape index (κ1) is 26.7. The molecule has 0 aliphatic carbocycles. The van der Waals surface area contributed by atoms with Crippen LogP contribution in [-0.2, 0) is 17.7 Å². The molecule has 1 aliphatic heterocycles. The molecule has 0 bridgehead atoms. The molecule has 2 aromatic carbocycles. The number of likely N-dealkylation sites (tertiary alicyclic amines) is 1. The van der Waals surface area contributed by atoms with Crippen LogP contribution >= 0.6 is 11.6 Å². The zero-order chi connectivity index (χ0) is 26.3. The molecule has 1 aliphatic rings. The van der Waals surface area contributed by atoms with E-state index in [-0.39, 0.29) is 12.1 Å². The number of alkyl carbamates (subject to hydrolysis) is 1. The van der Waals surface area contributed by atoms with E-state index in [1.807, 2.05) is 63.4 Å². The van der Waals surface area contributed by atoms with Crippen LogP contribution in [0.2, 0.25) is 5.02 Å². The van der Waals surface area contributed by atoms with Gasteiger partial charge in [-0.15, -0.1) is 0 Å². The van der Waals surface area contributed by atoms with E-state index in [2.05, 4.69) is 51.3 Å². The Bertz CT molecular complexity index is 1240. The predicted molar refractivity (Wildman–Crippen MR) is 149 cm³/mol. The number of ether oxygens (including phenoxy) is 1. The number of pyridine rings is 1. The molecule has 4 rings (SSSR count). The van der Waals surface area contributed by atoms with E-state index in [4.69, 9.17) is 16.3 Å². The lowest BCUT2D eigenvalue weighted by molar-refractivity contribution is 0.0505. The van der Waals surface area contributed by atoms with Crippen molar-refractivity contribution < 1.29 is 9.53 Å². The molecule has 0 radical (unpaired) electrons. The number of amides is 1. The molecule has 0 saturated carbocycles. The highest BCUT2D eigenvalue weighted by Crippen LogP contribution is 2.21. The number of nitrogens with one attached hydrogen (secondary N) is 1. The van der Waals surface area contributed by atoms with Gasteiger partial charge in [-0.1, -0.05) is 60.0 Å². The normalized spacial score (nSPS) is 15.6. The molecule has 1 aromatic heterocycles. The van der Waals surface area contributed by atoms with E-state index < -0.39 is 5.60 Å². The summed E-state index contributed by atoms with van der Waals surface area (Å²) in [6.45, 7) is 8.32. The van der Waals surface area contributed by atoms with E-state index in [1.54, 1.807) is 0 Å². The van der Waals surface area contributed by atoms with Crippen molar-refractivity contribution in [1.29, 1.82) is 0 Å². The third-order valence-electron chi connectivity index (χ3n) is 6.12. The monoisotopic (exact) mass is 515 g/mol. The topological polar surface area (TPSA) is 54.5 Å². The van der Waals surface area contributed by atoms with Gasteiger partial charge in [0.25, 0.3) is 0 Å². The molecule has 1 amide bonds. The van der Waals surface area contributed by atoms with Crippen LogP contribution < -0.4 is 5.32 Å². The number of halogens is 1. The third kappa shape index (κ3) is 8.63. The van der Waals surface area contributed by atoms with E-state index in [0.29, 0.717) is 0 Å². The summed E-state index contributed by atoms with van der Waals surface area (Å²) in [6.07, 6.45) is 4.14. The molecule has 3 aromatic rings. The van der Waals surface area contributed by atoms with Crippen molar-refractivity contribution in [2.24, 2.45) is 0 Å². The summed E-state index contributed by atoms with van der Waals surface area (Å²) >= 11 is 5.96. The molecule has 1 fully saturated rings. The Hall–Kier alpha value is -3.33. The Morgan fingerprint density at radius 3 is 2.43 bits per heavy atom. The predicted octanol–water partition coefficient (Wildman–Crippen LogP) is 6.49. The highest BCUT2D eigenvalue weighted by molar-refractivity contribution is 6.30. The molecule has 2 heterocycles. The lowest BCUT2D eigenvalue weighted by Gasteiger charge is -2.22. The molecule has 0 spiro atoms. The maximum Gasteiger partial charge on any atom is 0.407 e. The molecule has 1 unspecified atom stereocenters. The number of carbonyl (C=O) groups is 1. The smallest absolute Gasteiger partial charge is 0.407 e. The second-order valence-corrected chi connectivity index (χ2v) is 10.9. The summed E-state index contributed by atoms with van der Waals surface area (Å²) in [7, 11) is 0. The Morgan fingerprint density at radius 2 is 1.76 bits per heavy atom. The summed E-state index contributed by atoms with van der Waals surface area (Å²) in [4.78, 5) is 18.9. The van der Waals surface area contributed by atoms with Crippen LogP contribution in [0.15, 0.2) is 66.9 Å². The van der Waals surface area contributed by atoms with Crippen LogP contribution in [0.5, 0.6) is 0 Å². The summed E-state index contributed by atoms with van der Waals surface area (Å²) in [5.74, 6) is 6.41. The van der Waals surface area contributed by atoms with Crippen molar-refractivity contribution in [2.45, 2.75) is 58.2 Å². The van der Waals surface area contributed by atoms with Gasteiger partial charge in [0.05, 0.1) is 0 Å². The van der Waals surface area contributed by atoms with Gasteiger partial charge in [-0.2, -0.15) is 0 Å². The van der Waals surface area contributed by atoms with Crippen LogP contribution in [0.3, 0.4) is 0 Å². The first-order valence-electron chi connectivity index (χ1n) is 12.7. The van der Waals surface area contributed by atoms with Gasteiger partial charge in [-0.3, -0.25) is 4.90 Å². The summed E-state index contributed by atoms with van der Waals surface area (Å²) in [5, 5.41) is 3.71. The molecule has 1 atom stereocenters. The van der Waals surface area contributed by atoms with Crippen molar-refractivity contribution >= 4 is 17.7 Å². The minimum Gasteiger partial charge on any atom is -0.444 e. The van der Waals surface area contributed by atoms with Gasteiger partial charge >= 0.3 is 6.09 Å². The van der Waals surface area contributed by atoms with Crippen LogP contribution in [0.4, 0.5) is 4.79 Å². The lowest BCUT2D eigenvalue weighted by Crippen LogP contribution is -2.40. The van der Waals surface area contributed by atoms with E-state index in [0.717, 1.165) is 60.7 Å². The molecular weight excluding hydrogens is 482 g/mol. The fourth-order valence-corrected chi connectivity index (χ4v) is 4.40. The zero-order valence-electron chi connectivity index (χ0n) is 21.8. The number of carbonyl (C=O) groups excluding carboxylic acids is 1. The fourth-order valence-electron chi connectivity index (χ4n) is 4.28. The number of rotatable bonds is 6. The van der Waals surface area contributed by atoms with Crippen LogP contribution in [0, 0.1) is 11.8 Å². The average molecular weight is 516 g/mol. The molecule has 1 saturated heterocycles. The first-order chi connectivity index (χ1) is 17.7. The van der Waals surface area contributed by atoms with Crippen molar-refractivity contribution in [3.05, 3.63) is 88.7 Å². The summed E-state index contributed by atoms with van der Waals surface area (Å²) in [5.41, 5.74) is 4.98. The van der Waals surface area contributed by atoms with E-state index >= 15 is 0 Å². The quantitative estimate of drug-likeness (QED) is 0.381. The molecular formula is C31H34ClN3O2. The highest BCUT2D eigenvalue weighted by Gasteiger charge is 2.26. The van der Waals surface area contributed by atoms with Gasteiger partial charge in [-0.25, -0.2) is 9.78 Å². The maximum atomic E-state index is 12.0. The van der Waals surface area contributed by atoms with Gasteiger partial charge in [-0.05, 0) is 74.4 Å². The van der Waals surface area contributed by atoms with Gasteiger partial charge < -0.3 is 10.1 Å². The van der Waals surface area contributed by atoms with Crippen molar-refractivity contribution in [1.82, 2.24) is 15.2 Å². The first-order valence-corrected chi connectivity index (χ1v) is 13.1. The molecule has 192 valence electrons. The Kier molecular flexibility index (Phi) is 8.87. The molecule has 6 heteroatoms. The fraction of sp³-hybridized carbons (Fsp3) is 0.355.